The number of rotatable bonds is 4. The number of hydrogen-bond acceptors (Lipinski definition) is 4. The van der Waals surface area contributed by atoms with E-state index >= 15 is 0 Å². The van der Waals surface area contributed by atoms with Gasteiger partial charge in [0.1, 0.15) is 6.33 Å². The molecular formula is C19H27IN6O. The Balaban J connectivity index is 0.00000210. The zero-order chi connectivity index (χ0) is 17.8. The van der Waals surface area contributed by atoms with Crippen LogP contribution in [-0.4, -0.2) is 58.9 Å². The van der Waals surface area contributed by atoms with Crippen LogP contribution in [-0.2, 0) is 11.3 Å². The average Bonchev–Trinajstić information content (AvgIpc) is 3.43. The van der Waals surface area contributed by atoms with Gasteiger partial charge in [0.15, 0.2) is 11.8 Å². The van der Waals surface area contributed by atoms with Crippen molar-refractivity contribution in [3.05, 3.63) is 36.2 Å². The summed E-state index contributed by atoms with van der Waals surface area (Å²) in [5.74, 6) is 1.78. The van der Waals surface area contributed by atoms with Crippen LogP contribution in [0.1, 0.15) is 25.3 Å². The zero-order valence-corrected chi connectivity index (χ0v) is 18.0. The minimum absolute atomic E-state index is 0. The van der Waals surface area contributed by atoms with Gasteiger partial charge in [0.2, 0.25) is 0 Å². The molecule has 2 fully saturated rings. The van der Waals surface area contributed by atoms with Crippen LogP contribution in [0.5, 0.6) is 0 Å². The molecule has 1 spiro atoms. The molecule has 8 heteroatoms. The van der Waals surface area contributed by atoms with Gasteiger partial charge in [-0.3, -0.25) is 5.10 Å². The molecule has 4 rings (SSSR count). The summed E-state index contributed by atoms with van der Waals surface area (Å²) in [4.78, 5) is 11.5. The van der Waals surface area contributed by atoms with E-state index in [4.69, 9.17) is 9.73 Å². The van der Waals surface area contributed by atoms with Gasteiger partial charge in [-0.05, 0) is 31.4 Å². The van der Waals surface area contributed by atoms with E-state index in [1.807, 2.05) is 12.1 Å². The lowest BCUT2D eigenvalue weighted by Gasteiger charge is -2.25. The highest BCUT2D eigenvalue weighted by Crippen LogP contribution is 2.38. The number of guanidine groups is 1. The molecule has 27 heavy (non-hydrogen) atoms. The number of halogens is 1. The molecule has 1 atom stereocenters. The minimum atomic E-state index is 0. The molecule has 1 unspecified atom stereocenters. The molecule has 0 amide bonds. The summed E-state index contributed by atoms with van der Waals surface area (Å²) in [5.41, 5.74) is 2.53. The average molecular weight is 482 g/mol. The van der Waals surface area contributed by atoms with Crippen LogP contribution in [0.15, 0.2) is 35.6 Å². The molecule has 2 N–H and O–H groups in total. The maximum Gasteiger partial charge on any atom is 0.194 e. The van der Waals surface area contributed by atoms with Crippen molar-refractivity contribution >= 4 is 29.9 Å². The highest BCUT2D eigenvalue weighted by Gasteiger charge is 2.42. The molecule has 1 aromatic carbocycles. The Labute approximate surface area is 177 Å². The predicted octanol–water partition coefficient (Wildman–Crippen LogP) is 2.67. The number of aliphatic imine (C=N–C) groups is 1. The summed E-state index contributed by atoms with van der Waals surface area (Å²) in [5, 5.41) is 10.3. The first-order chi connectivity index (χ1) is 12.8. The third-order valence-corrected chi connectivity index (χ3v) is 5.28. The fourth-order valence-corrected chi connectivity index (χ4v) is 3.84. The van der Waals surface area contributed by atoms with Gasteiger partial charge >= 0.3 is 0 Å². The van der Waals surface area contributed by atoms with E-state index in [1.54, 1.807) is 0 Å². The van der Waals surface area contributed by atoms with Crippen molar-refractivity contribution in [3.63, 3.8) is 0 Å². The molecule has 2 saturated heterocycles. The molecule has 146 valence electrons. The van der Waals surface area contributed by atoms with Crippen LogP contribution < -0.4 is 5.32 Å². The number of H-pyrrole nitrogens is 1. The van der Waals surface area contributed by atoms with Crippen LogP contribution >= 0.6 is 24.0 Å². The highest BCUT2D eigenvalue weighted by molar-refractivity contribution is 14.0. The minimum Gasteiger partial charge on any atom is -0.381 e. The second kappa shape index (κ2) is 9.01. The van der Waals surface area contributed by atoms with Crippen LogP contribution in [0, 0.1) is 5.41 Å². The first kappa shape index (κ1) is 20.1. The monoisotopic (exact) mass is 482 g/mol. The first-order valence-corrected chi connectivity index (χ1v) is 9.34. The molecule has 0 bridgehead atoms. The standard InChI is InChI=1S/C19H26N6O.HI/c1-2-20-18(25-8-6-19(12-25)7-9-26-13-19)21-11-15-4-3-5-16(10-15)17-22-14-23-24-17;/h3-5,10,14H,2,6-9,11-13H2,1H3,(H,20,21)(H,22,23,24);1H. The van der Waals surface area contributed by atoms with Crippen molar-refractivity contribution in [1.82, 2.24) is 25.4 Å². The summed E-state index contributed by atoms with van der Waals surface area (Å²) in [7, 11) is 0. The first-order valence-electron chi connectivity index (χ1n) is 9.34. The molecular weight excluding hydrogens is 455 g/mol. The zero-order valence-electron chi connectivity index (χ0n) is 15.6. The lowest BCUT2D eigenvalue weighted by molar-refractivity contribution is 0.156. The number of ether oxygens (including phenoxy) is 1. The quantitative estimate of drug-likeness (QED) is 0.398. The Morgan fingerprint density at radius 2 is 2.33 bits per heavy atom. The summed E-state index contributed by atoms with van der Waals surface area (Å²) in [6.07, 6.45) is 3.89. The molecule has 0 aliphatic carbocycles. The van der Waals surface area contributed by atoms with E-state index in [-0.39, 0.29) is 24.0 Å². The maximum absolute atomic E-state index is 5.65. The summed E-state index contributed by atoms with van der Waals surface area (Å²) >= 11 is 0. The molecule has 3 heterocycles. The number of likely N-dealkylation sites (tertiary alicyclic amines) is 1. The number of benzene rings is 1. The molecule has 1 aromatic heterocycles. The number of aromatic amines is 1. The highest BCUT2D eigenvalue weighted by atomic mass is 127. The van der Waals surface area contributed by atoms with E-state index in [0.29, 0.717) is 12.0 Å². The van der Waals surface area contributed by atoms with Crippen LogP contribution in [0.4, 0.5) is 0 Å². The van der Waals surface area contributed by atoms with Gasteiger partial charge < -0.3 is 15.0 Å². The van der Waals surface area contributed by atoms with Crippen molar-refractivity contribution in [2.75, 3.05) is 32.8 Å². The van der Waals surface area contributed by atoms with Crippen molar-refractivity contribution in [2.45, 2.75) is 26.3 Å². The van der Waals surface area contributed by atoms with E-state index in [9.17, 15) is 0 Å². The Morgan fingerprint density at radius 1 is 1.41 bits per heavy atom. The fourth-order valence-electron chi connectivity index (χ4n) is 3.84. The predicted molar refractivity (Wildman–Crippen MR) is 116 cm³/mol. The van der Waals surface area contributed by atoms with Crippen molar-refractivity contribution < 1.29 is 4.74 Å². The second-order valence-electron chi connectivity index (χ2n) is 7.18. The van der Waals surface area contributed by atoms with Gasteiger partial charge in [-0.15, -0.1) is 24.0 Å². The van der Waals surface area contributed by atoms with Gasteiger partial charge in [-0.1, -0.05) is 18.2 Å². The Hall–Kier alpha value is -1.68. The molecule has 0 saturated carbocycles. The Morgan fingerprint density at radius 3 is 3.07 bits per heavy atom. The smallest absolute Gasteiger partial charge is 0.194 e. The van der Waals surface area contributed by atoms with E-state index in [2.05, 4.69) is 44.5 Å². The Bertz CT molecular complexity index is 757. The lowest BCUT2D eigenvalue weighted by atomic mass is 9.87. The van der Waals surface area contributed by atoms with Gasteiger partial charge in [0.25, 0.3) is 0 Å². The number of nitrogens with one attached hydrogen (secondary N) is 2. The van der Waals surface area contributed by atoms with Gasteiger partial charge in [-0.25, -0.2) is 9.98 Å². The third-order valence-electron chi connectivity index (χ3n) is 5.28. The summed E-state index contributed by atoms with van der Waals surface area (Å²) in [6.45, 7) is 7.51. The normalized spacial score (nSPS) is 22.3. The number of aromatic nitrogens is 3. The van der Waals surface area contributed by atoms with Crippen molar-refractivity contribution in [3.8, 4) is 11.4 Å². The molecule has 2 aliphatic heterocycles. The van der Waals surface area contributed by atoms with E-state index < -0.39 is 0 Å². The van der Waals surface area contributed by atoms with E-state index in [1.165, 1.54) is 19.2 Å². The van der Waals surface area contributed by atoms with Crippen molar-refractivity contribution in [1.29, 1.82) is 0 Å². The number of nitrogens with zero attached hydrogens (tertiary/aromatic N) is 4. The molecule has 0 radical (unpaired) electrons. The third kappa shape index (κ3) is 4.60. The second-order valence-corrected chi connectivity index (χ2v) is 7.18. The topological polar surface area (TPSA) is 78.4 Å². The molecule has 2 aromatic rings. The number of hydrogen-bond donors (Lipinski definition) is 2. The van der Waals surface area contributed by atoms with Crippen LogP contribution in [0.2, 0.25) is 0 Å². The Kier molecular flexibility index (Phi) is 6.69. The van der Waals surface area contributed by atoms with Gasteiger partial charge in [0.05, 0.1) is 13.2 Å². The maximum atomic E-state index is 5.65. The van der Waals surface area contributed by atoms with Gasteiger partial charge in [0, 0.05) is 37.2 Å². The lowest BCUT2D eigenvalue weighted by Crippen LogP contribution is -2.41. The van der Waals surface area contributed by atoms with E-state index in [0.717, 1.165) is 55.8 Å². The fraction of sp³-hybridized carbons (Fsp3) is 0.526. The summed E-state index contributed by atoms with van der Waals surface area (Å²) in [6, 6.07) is 8.28. The van der Waals surface area contributed by atoms with Gasteiger partial charge in [-0.2, -0.15) is 5.10 Å². The SMILES string of the molecule is CCNC(=NCc1cccc(-c2ncn[nH]2)c1)N1CCC2(CCOC2)C1.I. The molecule has 7 nitrogen and oxygen atoms in total. The summed E-state index contributed by atoms with van der Waals surface area (Å²) < 4.78 is 5.65. The van der Waals surface area contributed by atoms with Crippen molar-refractivity contribution in [2.24, 2.45) is 10.4 Å². The van der Waals surface area contributed by atoms with Crippen LogP contribution in [0.25, 0.3) is 11.4 Å². The molecule has 2 aliphatic rings. The largest absolute Gasteiger partial charge is 0.381 e. The van der Waals surface area contributed by atoms with Crippen LogP contribution in [0.3, 0.4) is 0 Å².